The maximum absolute atomic E-state index is 12.3. The largest absolute Gasteiger partial charge is 0.451 e. The molecule has 150 valence electrons. The Morgan fingerprint density at radius 3 is 2.64 bits per heavy atom. The quantitative estimate of drug-likeness (QED) is 0.334. The number of ether oxygens (including phenoxy) is 1. The number of rotatable bonds is 10. The highest BCUT2D eigenvalue weighted by molar-refractivity contribution is 7.99. The summed E-state index contributed by atoms with van der Waals surface area (Å²) in [6, 6.07) is 11.1. The fraction of sp³-hybridized carbons (Fsp3) is 0.333. The number of sulfonamides is 1. The van der Waals surface area contributed by atoms with E-state index in [9.17, 15) is 18.0 Å². The summed E-state index contributed by atoms with van der Waals surface area (Å²) in [5, 5.41) is 4.18. The Bertz CT molecular complexity index is 924. The zero-order valence-electron chi connectivity index (χ0n) is 14.9. The van der Waals surface area contributed by atoms with Crippen LogP contribution in [0.25, 0.3) is 0 Å². The van der Waals surface area contributed by atoms with Crippen LogP contribution in [0.3, 0.4) is 0 Å². The third-order valence-electron chi connectivity index (χ3n) is 3.77. The van der Waals surface area contributed by atoms with Gasteiger partial charge in [0.25, 0.3) is 5.91 Å². The van der Waals surface area contributed by atoms with Gasteiger partial charge in [-0.2, -0.15) is 0 Å². The first-order chi connectivity index (χ1) is 13.5. The molecule has 28 heavy (non-hydrogen) atoms. The lowest BCUT2D eigenvalue weighted by Crippen LogP contribution is -2.31. The predicted molar refractivity (Wildman–Crippen MR) is 108 cm³/mol. The van der Waals surface area contributed by atoms with E-state index in [4.69, 9.17) is 4.74 Å². The summed E-state index contributed by atoms with van der Waals surface area (Å²) in [7, 11) is -3.76. The Morgan fingerprint density at radius 2 is 1.93 bits per heavy atom. The number of thiophene rings is 1. The first kappa shape index (κ1) is 20.8. The fourth-order valence-electron chi connectivity index (χ4n) is 2.27. The van der Waals surface area contributed by atoms with E-state index in [1.807, 2.05) is 30.3 Å². The molecule has 1 amide bonds. The van der Waals surface area contributed by atoms with Crippen molar-refractivity contribution in [1.29, 1.82) is 0 Å². The van der Waals surface area contributed by atoms with E-state index >= 15 is 0 Å². The van der Waals surface area contributed by atoms with Crippen LogP contribution in [-0.4, -0.2) is 45.2 Å². The molecule has 1 heterocycles. The smallest absolute Gasteiger partial charge is 0.350 e. The minimum atomic E-state index is -3.76. The molecule has 1 aromatic heterocycles. The van der Waals surface area contributed by atoms with Gasteiger partial charge in [0, 0.05) is 23.2 Å². The van der Waals surface area contributed by atoms with Gasteiger partial charge in [0.05, 0.1) is 0 Å². The molecule has 0 unspecified atom stereocenters. The molecule has 0 radical (unpaired) electrons. The number of benzene rings is 1. The zero-order chi connectivity index (χ0) is 20.0. The molecule has 2 aromatic rings. The van der Waals surface area contributed by atoms with Crippen molar-refractivity contribution < 1.29 is 22.7 Å². The maximum atomic E-state index is 12.3. The van der Waals surface area contributed by atoms with Gasteiger partial charge in [-0.05, 0) is 36.4 Å². The molecule has 1 aliphatic rings. The van der Waals surface area contributed by atoms with Crippen LogP contribution >= 0.6 is 23.1 Å². The second-order valence-corrected chi connectivity index (χ2v) is 9.86. The van der Waals surface area contributed by atoms with E-state index in [-0.39, 0.29) is 15.8 Å². The van der Waals surface area contributed by atoms with Crippen LogP contribution in [0.15, 0.2) is 51.6 Å². The van der Waals surface area contributed by atoms with Crippen molar-refractivity contribution in [1.82, 2.24) is 10.0 Å². The van der Waals surface area contributed by atoms with Crippen molar-refractivity contribution in [3.63, 3.8) is 0 Å². The van der Waals surface area contributed by atoms with Gasteiger partial charge in [0.2, 0.25) is 10.0 Å². The van der Waals surface area contributed by atoms with Crippen molar-refractivity contribution >= 4 is 45.0 Å². The molecule has 0 bridgehead atoms. The summed E-state index contributed by atoms with van der Waals surface area (Å²) < 4.78 is 32.1. The van der Waals surface area contributed by atoms with Crippen molar-refractivity contribution in [2.75, 3.05) is 18.9 Å². The fourth-order valence-corrected chi connectivity index (χ4v) is 5.67. The lowest BCUT2D eigenvalue weighted by Gasteiger charge is -2.08. The van der Waals surface area contributed by atoms with E-state index in [1.54, 1.807) is 11.8 Å². The molecule has 7 nitrogen and oxygen atoms in total. The van der Waals surface area contributed by atoms with E-state index in [0.29, 0.717) is 12.3 Å². The number of nitrogens with one attached hydrogen (secondary N) is 2. The molecule has 10 heteroatoms. The van der Waals surface area contributed by atoms with Gasteiger partial charge < -0.3 is 10.1 Å². The van der Waals surface area contributed by atoms with Gasteiger partial charge in [-0.25, -0.2) is 17.9 Å². The van der Waals surface area contributed by atoms with Gasteiger partial charge in [0.15, 0.2) is 6.61 Å². The molecule has 1 aromatic carbocycles. The highest BCUT2D eigenvalue weighted by atomic mass is 32.2. The lowest BCUT2D eigenvalue weighted by molar-refractivity contribution is -0.124. The third-order valence-corrected chi connectivity index (χ3v) is 7.37. The lowest BCUT2D eigenvalue weighted by atomic mass is 10.4. The standard InChI is InChI=1S/C18H20N2O5S3/c21-16(19-9-11-26-14-4-2-1-3-5-14)12-25-18(22)17-15(8-10-27-17)28(23,24)20-13-6-7-13/h1-5,8,10,13,20H,6-7,9,11-12H2,(H,19,21). The average molecular weight is 441 g/mol. The first-order valence-electron chi connectivity index (χ1n) is 8.67. The molecule has 1 fully saturated rings. The molecule has 0 spiro atoms. The molecule has 0 aliphatic heterocycles. The normalized spacial score (nSPS) is 13.9. The van der Waals surface area contributed by atoms with E-state index in [0.717, 1.165) is 29.1 Å². The Balaban J connectivity index is 1.43. The number of esters is 1. The summed E-state index contributed by atoms with van der Waals surface area (Å²) in [6.07, 6.45) is 1.59. The minimum absolute atomic E-state index is 0.0272. The molecule has 0 atom stereocenters. The van der Waals surface area contributed by atoms with Gasteiger partial charge in [0.1, 0.15) is 9.77 Å². The molecule has 2 N–H and O–H groups in total. The van der Waals surface area contributed by atoms with E-state index < -0.39 is 28.5 Å². The number of carbonyl (C=O) groups is 2. The number of carbonyl (C=O) groups excluding carboxylic acids is 2. The highest BCUT2D eigenvalue weighted by Gasteiger charge is 2.31. The summed E-state index contributed by atoms with van der Waals surface area (Å²) in [5.74, 6) is -0.566. The van der Waals surface area contributed by atoms with Crippen LogP contribution in [0.1, 0.15) is 22.5 Å². The molecule has 1 aliphatic carbocycles. The van der Waals surface area contributed by atoms with Crippen LogP contribution in [0.2, 0.25) is 0 Å². The number of thioether (sulfide) groups is 1. The van der Waals surface area contributed by atoms with Crippen LogP contribution in [0.4, 0.5) is 0 Å². The minimum Gasteiger partial charge on any atom is -0.451 e. The van der Waals surface area contributed by atoms with E-state index in [2.05, 4.69) is 10.0 Å². The van der Waals surface area contributed by atoms with Crippen molar-refractivity contribution in [3.05, 3.63) is 46.7 Å². The number of hydrogen-bond donors (Lipinski definition) is 2. The Kier molecular flexibility index (Phi) is 7.11. The summed E-state index contributed by atoms with van der Waals surface area (Å²) in [5.41, 5.74) is 0. The summed E-state index contributed by atoms with van der Waals surface area (Å²) in [6.45, 7) is -0.0256. The monoisotopic (exact) mass is 440 g/mol. The Labute approximate surface area is 171 Å². The first-order valence-corrected chi connectivity index (χ1v) is 12.0. The van der Waals surface area contributed by atoms with Crippen molar-refractivity contribution in [2.24, 2.45) is 0 Å². The molecule has 0 saturated heterocycles. The SMILES string of the molecule is O=C(COC(=O)c1sccc1S(=O)(=O)NC1CC1)NCCSc1ccccc1. The second kappa shape index (κ2) is 9.55. The van der Waals surface area contributed by atoms with E-state index in [1.165, 1.54) is 11.4 Å². The van der Waals surface area contributed by atoms with Crippen LogP contribution in [0, 0.1) is 0 Å². The summed E-state index contributed by atoms with van der Waals surface area (Å²) >= 11 is 2.58. The summed E-state index contributed by atoms with van der Waals surface area (Å²) in [4.78, 5) is 25.0. The number of hydrogen-bond acceptors (Lipinski definition) is 7. The van der Waals surface area contributed by atoms with Crippen LogP contribution in [-0.2, 0) is 19.6 Å². The molecule has 3 rings (SSSR count). The zero-order valence-corrected chi connectivity index (χ0v) is 17.4. The highest BCUT2D eigenvalue weighted by Crippen LogP contribution is 2.26. The Hall–Kier alpha value is -1.88. The average Bonchev–Trinajstić information content (AvgIpc) is 3.33. The Morgan fingerprint density at radius 1 is 1.18 bits per heavy atom. The maximum Gasteiger partial charge on any atom is 0.350 e. The molecular weight excluding hydrogens is 420 g/mol. The predicted octanol–water partition coefficient (Wildman–Crippen LogP) is 2.25. The van der Waals surface area contributed by atoms with Crippen molar-refractivity contribution in [2.45, 2.75) is 28.7 Å². The van der Waals surface area contributed by atoms with Crippen LogP contribution < -0.4 is 10.0 Å². The molecule has 1 saturated carbocycles. The van der Waals surface area contributed by atoms with Gasteiger partial charge in [-0.3, -0.25) is 4.79 Å². The van der Waals surface area contributed by atoms with Crippen LogP contribution in [0.5, 0.6) is 0 Å². The topological polar surface area (TPSA) is 102 Å². The number of amides is 1. The third kappa shape index (κ3) is 6.06. The second-order valence-electron chi connectivity index (χ2n) is 6.10. The molecular formula is C18H20N2O5S3. The van der Waals surface area contributed by atoms with Gasteiger partial charge in [-0.15, -0.1) is 23.1 Å². The van der Waals surface area contributed by atoms with Gasteiger partial charge in [-0.1, -0.05) is 18.2 Å². The van der Waals surface area contributed by atoms with Gasteiger partial charge >= 0.3 is 5.97 Å². The van der Waals surface area contributed by atoms with Crippen molar-refractivity contribution in [3.8, 4) is 0 Å².